The van der Waals surface area contributed by atoms with Crippen molar-refractivity contribution in [2.24, 2.45) is 11.3 Å². The largest absolute Gasteiger partial charge is 0.353 e. The van der Waals surface area contributed by atoms with Crippen molar-refractivity contribution < 1.29 is 0 Å². The van der Waals surface area contributed by atoms with Gasteiger partial charge in [0.05, 0.1) is 17.4 Å². The molecule has 5 rings (SSSR count). The zero-order valence-electron chi connectivity index (χ0n) is 23.5. The quantitative estimate of drug-likeness (QED) is 0.308. The van der Waals surface area contributed by atoms with Gasteiger partial charge in [-0.05, 0) is 98.8 Å². The van der Waals surface area contributed by atoms with Gasteiger partial charge in [-0.25, -0.2) is 9.50 Å². The minimum absolute atomic E-state index is 0.391. The number of aryl methyl sites for hydroxylation is 2. The molecule has 0 aliphatic heterocycles. The molecule has 1 saturated carbocycles. The SMILES string of the molecule is Cc1c(-c2[nH]c3cnc(C4CCC(CCC(C)(C)C)CC4)c(C)c3c2C(C)C)cn2ncnc2c1C. The minimum atomic E-state index is 0.391. The smallest absolute Gasteiger partial charge is 0.158 e. The van der Waals surface area contributed by atoms with E-state index in [0.717, 1.165) is 17.1 Å². The summed E-state index contributed by atoms with van der Waals surface area (Å²) in [5.74, 6) is 1.85. The molecule has 1 fully saturated rings. The third-order valence-electron chi connectivity index (χ3n) is 8.67. The number of aromatic nitrogens is 5. The molecule has 0 bridgehead atoms. The average molecular weight is 486 g/mol. The Balaban J connectivity index is 1.52. The monoisotopic (exact) mass is 485 g/mol. The van der Waals surface area contributed by atoms with Crippen LogP contribution < -0.4 is 0 Å². The van der Waals surface area contributed by atoms with Gasteiger partial charge in [0.25, 0.3) is 0 Å². The van der Waals surface area contributed by atoms with E-state index in [9.17, 15) is 0 Å². The molecule has 5 nitrogen and oxygen atoms in total. The Kier molecular flexibility index (Phi) is 6.46. The first-order valence-corrected chi connectivity index (χ1v) is 13.9. The van der Waals surface area contributed by atoms with Crippen LogP contribution in [0.3, 0.4) is 0 Å². The molecule has 0 spiro atoms. The topological polar surface area (TPSA) is 58.9 Å². The number of pyridine rings is 2. The normalized spacial score (nSPS) is 19.1. The Labute approximate surface area is 216 Å². The summed E-state index contributed by atoms with van der Waals surface area (Å²) >= 11 is 0. The molecule has 192 valence electrons. The number of hydrogen-bond donors (Lipinski definition) is 1. The van der Waals surface area contributed by atoms with Gasteiger partial charge in [0, 0.05) is 28.8 Å². The van der Waals surface area contributed by atoms with Gasteiger partial charge in [-0.2, -0.15) is 5.10 Å². The van der Waals surface area contributed by atoms with Crippen LogP contribution in [0.5, 0.6) is 0 Å². The molecular formula is C31H43N5. The highest BCUT2D eigenvalue weighted by Gasteiger charge is 2.28. The van der Waals surface area contributed by atoms with Gasteiger partial charge < -0.3 is 4.98 Å². The molecule has 36 heavy (non-hydrogen) atoms. The van der Waals surface area contributed by atoms with Gasteiger partial charge in [0.2, 0.25) is 0 Å². The lowest BCUT2D eigenvalue weighted by Crippen LogP contribution is -2.17. The first-order valence-electron chi connectivity index (χ1n) is 13.9. The lowest BCUT2D eigenvalue weighted by Gasteiger charge is -2.31. The van der Waals surface area contributed by atoms with Crippen molar-refractivity contribution in [1.82, 2.24) is 24.6 Å². The molecule has 1 aliphatic rings. The van der Waals surface area contributed by atoms with Crippen LogP contribution in [0.15, 0.2) is 18.7 Å². The average Bonchev–Trinajstić information content (AvgIpc) is 3.45. The van der Waals surface area contributed by atoms with E-state index in [1.54, 1.807) is 6.33 Å². The molecule has 1 N–H and O–H groups in total. The van der Waals surface area contributed by atoms with Crippen LogP contribution in [0.1, 0.15) is 113 Å². The van der Waals surface area contributed by atoms with Gasteiger partial charge in [0.1, 0.15) is 6.33 Å². The Morgan fingerprint density at radius 3 is 2.39 bits per heavy atom. The number of nitrogens with one attached hydrogen (secondary N) is 1. The number of fused-ring (bicyclic) bond motifs is 2. The van der Waals surface area contributed by atoms with Crippen molar-refractivity contribution in [3.8, 4) is 11.3 Å². The van der Waals surface area contributed by atoms with E-state index < -0.39 is 0 Å². The molecule has 4 aromatic heterocycles. The molecule has 4 aromatic rings. The molecule has 1 aliphatic carbocycles. The summed E-state index contributed by atoms with van der Waals surface area (Å²) in [7, 11) is 0. The summed E-state index contributed by atoms with van der Waals surface area (Å²) in [6.45, 7) is 18.4. The highest BCUT2D eigenvalue weighted by atomic mass is 15.3. The minimum Gasteiger partial charge on any atom is -0.353 e. The van der Waals surface area contributed by atoms with Crippen molar-refractivity contribution in [3.05, 3.63) is 46.7 Å². The molecule has 4 heterocycles. The van der Waals surface area contributed by atoms with Crippen LogP contribution in [-0.4, -0.2) is 24.6 Å². The predicted molar refractivity (Wildman–Crippen MR) is 150 cm³/mol. The fourth-order valence-corrected chi connectivity index (χ4v) is 6.41. The third kappa shape index (κ3) is 4.46. The Hall–Kier alpha value is -2.69. The molecule has 0 saturated heterocycles. The Morgan fingerprint density at radius 1 is 1.00 bits per heavy atom. The van der Waals surface area contributed by atoms with E-state index in [2.05, 4.69) is 82.9 Å². The van der Waals surface area contributed by atoms with Crippen LogP contribution in [0, 0.1) is 32.1 Å². The Morgan fingerprint density at radius 2 is 1.72 bits per heavy atom. The molecule has 0 amide bonds. The van der Waals surface area contributed by atoms with Crippen molar-refractivity contribution in [1.29, 1.82) is 0 Å². The summed E-state index contributed by atoms with van der Waals surface area (Å²) in [6.07, 6.45) is 13.8. The first-order chi connectivity index (χ1) is 17.0. The van der Waals surface area contributed by atoms with E-state index in [-0.39, 0.29) is 0 Å². The second-order valence-corrected chi connectivity index (χ2v) is 12.8. The van der Waals surface area contributed by atoms with Crippen LogP contribution in [0.2, 0.25) is 0 Å². The summed E-state index contributed by atoms with van der Waals surface area (Å²) in [5.41, 5.74) is 11.4. The van der Waals surface area contributed by atoms with E-state index in [1.807, 2.05) is 4.52 Å². The summed E-state index contributed by atoms with van der Waals surface area (Å²) < 4.78 is 1.90. The maximum atomic E-state index is 5.07. The van der Waals surface area contributed by atoms with Crippen molar-refractivity contribution in [3.63, 3.8) is 0 Å². The molecule has 5 heteroatoms. The fourth-order valence-electron chi connectivity index (χ4n) is 6.41. The predicted octanol–water partition coefficient (Wildman–Crippen LogP) is 8.42. The van der Waals surface area contributed by atoms with Crippen LogP contribution in [0.25, 0.3) is 27.8 Å². The lowest BCUT2D eigenvalue weighted by atomic mass is 9.75. The standard InChI is InChI=1S/C31H43N5/c1-18(2)26-27-21(5)28(23-11-9-22(10-12-23)13-14-31(6,7)8)32-15-25(27)35-29(26)24-16-36-30(33-17-34-36)20(4)19(24)3/h15-18,22-23,35H,9-14H2,1-8H3. The lowest BCUT2D eigenvalue weighted by molar-refractivity contribution is 0.258. The van der Waals surface area contributed by atoms with Crippen molar-refractivity contribution in [2.75, 3.05) is 0 Å². The summed E-state index contributed by atoms with van der Waals surface area (Å²) in [5, 5.41) is 5.81. The zero-order valence-corrected chi connectivity index (χ0v) is 23.5. The number of H-pyrrole nitrogens is 1. The highest BCUT2D eigenvalue weighted by molar-refractivity contribution is 5.94. The number of nitrogens with zero attached hydrogens (tertiary/aromatic N) is 4. The first kappa shape index (κ1) is 25.0. The second-order valence-electron chi connectivity index (χ2n) is 12.8. The van der Waals surface area contributed by atoms with Crippen molar-refractivity contribution >= 4 is 16.6 Å². The van der Waals surface area contributed by atoms with Crippen LogP contribution >= 0.6 is 0 Å². The number of hydrogen-bond acceptors (Lipinski definition) is 3. The van der Waals surface area contributed by atoms with Crippen molar-refractivity contribution in [2.45, 2.75) is 106 Å². The van der Waals surface area contributed by atoms with E-state index in [4.69, 9.17) is 4.98 Å². The second kappa shape index (κ2) is 9.32. The molecule has 0 atom stereocenters. The van der Waals surface area contributed by atoms with E-state index in [0.29, 0.717) is 17.3 Å². The summed E-state index contributed by atoms with van der Waals surface area (Å²) in [6, 6.07) is 0. The molecular weight excluding hydrogens is 442 g/mol. The van der Waals surface area contributed by atoms with Gasteiger partial charge in [0.15, 0.2) is 5.65 Å². The van der Waals surface area contributed by atoms with Gasteiger partial charge >= 0.3 is 0 Å². The Bertz CT molecular complexity index is 1390. The number of rotatable bonds is 5. The third-order valence-corrected chi connectivity index (χ3v) is 8.67. The van der Waals surface area contributed by atoms with Crippen LogP contribution in [0.4, 0.5) is 0 Å². The van der Waals surface area contributed by atoms with E-state index >= 15 is 0 Å². The fraction of sp³-hybridized carbons (Fsp3) is 0.581. The van der Waals surface area contributed by atoms with Crippen LogP contribution in [-0.2, 0) is 0 Å². The van der Waals surface area contributed by atoms with Gasteiger partial charge in [-0.3, -0.25) is 4.98 Å². The number of aromatic amines is 1. The maximum absolute atomic E-state index is 5.07. The van der Waals surface area contributed by atoms with Gasteiger partial charge in [-0.15, -0.1) is 0 Å². The van der Waals surface area contributed by atoms with E-state index in [1.165, 1.54) is 83.1 Å². The summed E-state index contributed by atoms with van der Waals surface area (Å²) in [4.78, 5) is 13.3. The molecule has 0 radical (unpaired) electrons. The zero-order chi connectivity index (χ0) is 25.8. The molecule has 0 aromatic carbocycles. The molecule has 0 unspecified atom stereocenters. The maximum Gasteiger partial charge on any atom is 0.158 e. The highest BCUT2D eigenvalue weighted by Crippen LogP contribution is 2.43. The van der Waals surface area contributed by atoms with Gasteiger partial charge in [-0.1, -0.05) is 34.6 Å².